The fourth-order valence-corrected chi connectivity index (χ4v) is 2.48. The SMILES string of the molecule is CCC[C@H](N)C(=O)NC(C)c1ccc(S(C)(=O)=O)cc1. The Hall–Kier alpha value is -1.40. The molecule has 1 amide bonds. The molecule has 0 spiro atoms. The fraction of sp³-hybridized carbons (Fsp3) is 0.500. The van der Waals surface area contributed by atoms with E-state index in [1.54, 1.807) is 24.3 Å². The van der Waals surface area contributed by atoms with E-state index in [1.165, 1.54) is 0 Å². The van der Waals surface area contributed by atoms with Crippen molar-refractivity contribution in [2.75, 3.05) is 6.26 Å². The van der Waals surface area contributed by atoms with E-state index >= 15 is 0 Å². The summed E-state index contributed by atoms with van der Waals surface area (Å²) < 4.78 is 22.7. The summed E-state index contributed by atoms with van der Waals surface area (Å²) in [5.41, 5.74) is 6.59. The third-order valence-electron chi connectivity index (χ3n) is 3.10. The van der Waals surface area contributed by atoms with Gasteiger partial charge in [-0.15, -0.1) is 0 Å². The first-order valence-electron chi connectivity index (χ1n) is 6.61. The van der Waals surface area contributed by atoms with E-state index in [1.807, 2.05) is 13.8 Å². The number of rotatable bonds is 6. The lowest BCUT2D eigenvalue weighted by molar-refractivity contribution is -0.123. The Bertz CT molecular complexity index is 552. The Kier molecular flexibility index (Phi) is 5.71. The van der Waals surface area contributed by atoms with Crippen LogP contribution in [-0.2, 0) is 14.6 Å². The summed E-state index contributed by atoms with van der Waals surface area (Å²) in [5.74, 6) is -0.188. The molecule has 20 heavy (non-hydrogen) atoms. The summed E-state index contributed by atoms with van der Waals surface area (Å²) in [4.78, 5) is 12.1. The number of hydrogen-bond donors (Lipinski definition) is 2. The molecule has 2 atom stereocenters. The minimum Gasteiger partial charge on any atom is -0.348 e. The first kappa shape index (κ1) is 16.7. The van der Waals surface area contributed by atoms with Crippen molar-refractivity contribution in [3.8, 4) is 0 Å². The van der Waals surface area contributed by atoms with Crippen molar-refractivity contribution in [1.82, 2.24) is 5.32 Å². The van der Waals surface area contributed by atoms with Gasteiger partial charge in [0.2, 0.25) is 5.91 Å². The molecule has 6 heteroatoms. The van der Waals surface area contributed by atoms with Crippen LogP contribution < -0.4 is 11.1 Å². The van der Waals surface area contributed by atoms with Crippen molar-refractivity contribution in [1.29, 1.82) is 0 Å². The van der Waals surface area contributed by atoms with Crippen LogP contribution in [0, 0.1) is 0 Å². The molecular weight excluding hydrogens is 276 g/mol. The number of hydrogen-bond acceptors (Lipinski definition) is 4. The molecule has 0 radical (unpaired) electrons. The minimum absolute atomic E-state index is 0.188. The standard InChI is InChI=1S/C14H22N2O3S/c1-4-5-13(15)14(17)16-10(2)11-6-8-12(9-7-11)20(3,18)19/h6-10,13H,4-5,15H2,1-3H3,(H,16,17)/t10?,13-/m0/s1. The second-order valence-corrected chi connectivity index (χ2v) is 6.98. The smallest absolute Gasteiger partial charge is 0.237 e. The van der Waals surface area contributed by atoms with Gasteiger partial charge in [-0.2, -0.15) is 0 Å². The van der Waals surface area contributed by atoms with Crippen LogP contribution in [-0.4, -0.2) is 26.6 Å². The van der Waals surface area contributed by atoms with Crippen LogP contribution in [0.4, 0.5) is 0 Å². The number of nitrogens with two attached hydrogens (primary N) is 1. The van der Waals surface area contributed by atoms with E-state index < -0.39 is 15.9 Å². The molecule has 3 N–H and O–H groups in total. The van der Waals surface area contributed by atoms with E-state index in [0.717, 1.165) is 18.2 Å². The van der Waals surface area contributed by atoms with Gasteiger partial charge in [-0.25, -0.2) is 8.42 Å². The van der Waals surface area contributed by atoms with Crippen molar-refractivity contribution in [3.63, 3.8) is 0 Å². The Morgan fingerprint density at radius 1 is 1.30 bits per heavy atom. The van der Waals surface area contributed by atoms with Crippen molar-refractivity contribution in [3.05, 3.63) is 29.8 Å². The maximum absolute atomic E-state index is 11.8. The molecule has 0 aromatic heterocycles. The maximum Gasteiger partial charge on any atom is 0.237 e. The molecule has 0 saturated heterocycles. The monoisotopic (exact) mass is 298 g/mol. The molecule has 0 bridgehead atoms. The van der Waals surface area contributed by atoms with Crippen LogP contribution in [0.1, 0.15) is 38.3 Å². The summed E-state index contributed by atoms with van der Waals surface area (Å²) in [7, 11) is -3.20. The molecular formula is C14H22N2O3S. The minimum atomic E-state index is -3.20. The predicted molar refractivity (Wildman–Crippen MR) is 79.0 cm³/mol. The molecule has 5 nitrogen and oxygen atoms in total. The summed E-state index contributed by atoms with van der Waals surface area (Å²) in [6, 6.07) is 5.77. The van der Waals surface area contributed by atoms with Gasteiger partial charge < -0.3 is 11.1 Å². The Labute approximate surface area is 120 Å². The van der Waals surface area contributed by atoms with Gasteiger partial charge in [0, 0.05) is 6.26 Å². The van der Waals surface area contributed by atoms with Gasteiger partial charge in [0.25, 0.3) is 0 Å². The lowest BCUT2D eigenvalue weighted by Crippen LogP contribution is -2.41. The molecule has 1 rings (SSSR count). The van der Waals surface area contributed by atoms with Gasteiger partial charge in [0.1, 0.15) is 0 Å². The molecule has 0 aliphatic carbocycles. The van der Waals surface area contributed by atoms with Gasteiger partial charge in [-0.05, 0) is 31.0 Å². The van der Waals surface area contributed by atoms with Gasteiger partial charge in [-0.1, -0.05) is 25.5 Å². The molecule has 0 heterocycles. The topological polar surface area (TPSA) is 89.3 Å². The van der Waals surface area contributed by atoms with E-state index in [-0.39, 0.29) is 16.8 Å². The number of carbonyl (C=O) groups excluding carboxylic acids is 1. The molecule has 0 aliphatic heterocycles. The molecule has 1 aromatic carbocycles. The van der Waals surface area contributed by atoms with Crippen LogP contribution in [0.15, 0.2) is 29.2 Å². The molecule has 112 valence electrons. The third kappa shape index (κ3) is 4.61. The van der Waals surface area contributed by atoms with Gasteiger partial charge in [0.05, 0.1) is 17.0 Å². The highest BCUT2D eigenvalue weighted by molar-refractivity contribution is 7.90. The number of nitrogens with one attached hydrogen (secondary N) is 1. The molecule has 0 saturated carbocycles. The zero-order valence-corrected chi connectivity index (χ0v) is 12.9. The first-order valence-corrected chi connectivity index (χ1v) is 8.50. The molecule has 0 aliphatic rings. The summed E-state index contributed by atoms with van der Waals surface area (Å²) in [6.07, 6.45) is 2.66. The lowest BCUT2D eigenvalue weighted by Gasteiger charge is -2.17. The highest BCUT2D eigenvalue weighted by Gasteiger charge is 2.16. The van der Waals surface area contributed by atoms with E-state index in [2.05, 4.69) is 5.32 Å². The lowest BCUT2D eigenvalue weighted by atomic mass is 10.1. The van der Waals surface area contributed by atoms with Gasteiger partial charge >= 0.3 is 0 Å². The third-order valence-corrected chi connectivity index (χ3v) is 4.23. The average molecular weight is 298 g/mol. The fourth-order valence-electron chi connectivity index (χ4n) is 1.85. The molecule has 1 aromatic rings. The largest absolute Gasteiger partial charge is 0.348 e. The highest BCUT2D eigenvalue weighted by Crippen LogP contribution is 2.16. The quantitative estimate of drug-likeness (QED) is 0.830. The Morgan fingerprint density at radius 3 is 2.30 bits per heavy atom. The summed E-state index contributed by atoms with van der Waals surface area (Å²) in [5, 5.41) is 2.83. The van der Waals surface area contributed by atoms with Crippen LogP contribution in [0.3, 0.4) is 0 Å². The average Bonchev–Trinajstić information content (AvgIpc) is 2.38. The zero-order chi connectivity index (χ0) is 15.3. The van der Waals surface area contributed by atoms with Gasteiger partial charge in [0.15, 0.2) is 9.84 Å². The number of benzene rings is 1. The maximum atomic E-state index is 11.8. The predicted octanol–water partition coefficient (Wildman–Crippen LogP) is 1.39. The number of sulfone groups is 1. The van der Waals surface area contributed by atoms with E-state index in [4.69, 9.17) is 5.73 Å². The van der Waals surface area contributed by atoms with Crippen molar-refractivity contribution in [2.45, 2.75) is 43.7 Å². The number of carbonyl (C=O) groups is 1. The van der Waals surface area contributed by atoms with Gasteiger partial charge in [-0.3, -0.25) is 4.79 Å². The highest BCUT2D eigenvalue weighted by atomic mass is 32.2. The summed E-state index contributed by atoms with van der Waals surface area (Å²) in [6.45, 7) is 3.81. The summed E-state index contributed by atoms with van der Waals surface area (Å²) >= 11 is 0. The van der Waals surface area contributed by atoms with Crippen molar-refractivity contribution >= 4 is 15.7 Å². The van der Waals surface area contributed by atoms with Crippen LogP contribution >= 0.6 is 0 Å². The van der Waals surface area contributed by atoms with Crippen LogP contribution in [0.2, 0.25) is 0 Å². The second-order valence-electron chi connectivity index (χ2n) is 4.97. The van der Waals surface area contributed by atoms with E-state index in [0.29, 0.717) is 6.42 Å². The van der Waals surface area contributed by atoms with E-state index in [9.17, 15) is 13.2 Å². The number of amides is 1. The van der Waals surface area contributed by atoms with Crippen LogP contribution in [0.25, 0.3) is 0 Å². The second kappa shape index (κ2) is 6.85. The zero-order valence-electron chi connectivity index (χ0n) is 12.1. The Balaban J connectivity index is 2.73. The van der Waals surface area contributed by atoms with Crippen molar-refractivity contribution in [2.24, 2.45) is 5.73 Å². The molecule has 1 unspecified atom stereocenters. The first-order chi connectivity index (χ1) is 9.25. The normalized spacial score (nSPS) is 14.6. The Morgan fingerprint density at radius 2 is 1.85 bits per heavy atom. The molecule has 0 fully saturated rings. The van der Waals surface area contributed by atoms with Crippen LogP contribution in [0.5, 0.6) is 0 Å². The van der Waals surface area contributed by atoms with Crippen molar-refractivity contribution < 1.29 is 13.2 Å².